The summed E-state index contributed by atoms with van der Waals surface area (Å²) in [4.78, 5) is 12.3. The Morgan fingerprint density at radius 2 is 1.86 bits per heavy atom. The molecule has 1 N–H and O–H groups in total. The fourth-order valence-corrected chi connectivity index (χ4v) is 6.11. The number of rotatable bonds is 7. The molecule has 156 valence electrons. The Hall–Kier alpha value is -1.75. The van der Waals surface area contributed by atoms with Crippen molar-refractivity contribution < 1.29 is 13.2 Å². The predicted molar refractivity (Wildman–Crippen MR) is 118 cm³/mol. The molecule has 1 aliphatic heterocycles. The molecule has 0 saturated carbocycles. The summed E-state index contributed by atoms with van der Waals surface area (Å²) in [7, 11) is -3.46. The van der Waals surface area contributed by atoms with Gasteiger partial charge in [0.05, 0.1) is 4.90 Å². The Morgan fingerprint density at radius 3 is 2.52 bits per heavy atom. The molecule has 1 amide bonds. The molecule has 1 aromatic heterocycles. The average molecular weight is 453 g/mol. The van der Waals surface area contributed by atoms with Gasteiger partial charge in [-0.3, -0.25) is 10.1 Å². The third-order valence-electron chi connectivity index (χ3n) is 4.41. The summed E-state index contributed by atoms with van der Waals surface area (Å²) in [6, 6.07) is 6.60. The van der Waals surface area contributed by atoms with Gasteiger partial charge >= 0.3 is 0 Å². The number of sulfonamides is 1. The molecule has 0 spiro atoms. The molecule has 10 heteroatoms. The number of carbonyl (C=O) groups excluding carboxylic acids is 1. The van der Waals surface area contributed by atoms with Gasteiger partial charge in [-0.15, -0.1) is 10.2 Å². The largest absolute Gasteiger partial charge is 0.297 e. The summed E-state index contributed by atoms with van der Waals surface area (Å²) in [5.41, 5.74) is 0.745. The lowest BCUT2D eigenvalue weighted by atomic mass is 10.2. The van der Waals surface area contributed by atoms with Crippen molar-refractivity contribution in [2.45, 2.75) is 41.8 Å². The topological polar surface area (TPSA) is 92.3 Å². The van der Waals surface area contributed by atoms with Crippen molar-refractivity contribution in [2.75, 3.05) is 24.2 Å². The lowest BCUT2D eigenvalue weighted by Crippen LogP contribution is -2.31. The monoisotopic (exact) mass is 452 g/mol. The van der Waals surface area contributed by atoms with E-state index in [4.69, 9.17) is 0 Å². The molecule has 1 aromatic carbocycles. The van der Waals surface area contributed by atoms with Crippen molar-refractivity contribution in [3.05, 3.63) is 35.9 Å². The van der Waals surface area contributed by atoms with Crippen LogP contribution in [-0.4, -0.2) is 47.7 Å². The molecule has 1 saturated heterocycles. The number of amides is 1. The summed E-state index contributed by atoms with van der Waals surface area (Å²) in [6.45, 7) is 3.18. The Labute approximate surface area is 179 Å². The van der Waals surface area contributed by atoms with E-state index in [1.807, 2.05) is 6.92 Å². The van der Waals surface area contributed by atoms with E-state index in [1.54, 1.807) is 46.4 Å². The highest BCUT2D eigenvalue weighted by atomic mass is 32.2. The van der Waals surface area contributed by atoms with Crippen LogP contribution < -0.4 is 5.32 Å². The van der Waals surface area contributed by atoms with Crippen LogP contribution in [0.15, 0.2) is 39.6 Å². The first-order valence-corrected chi connectivity index (χ1v) is 12.8. The number of aromatic nitrogens is 2. The van der Waals surface area contributed by atoms with Crippen molar-refractivity contribution in [3.63, 3.8) is 0 Å². The first-order chi connectivity index (χ1) is 14.0. The molecule has 1 fully saturated rings. The summed E-state index contributed by atoms with van der Waals surface area (Å²) in [5, 5.41) is 11.0. The third-order valence-corrected chi connectivity index (χ3v) is 8.18. The van der Waals surface area contributed by atoms with E-state index >= 15 is 0 Å². The zero-order valence-electron chi connectivity index (χ0n) is 16.2. The van der Waals surface area contributed by atoms with Gasteiger partial charge in [0, 0.05) is 19.2 Å². The van der Waals surface area contributed by atoms with Gasteiger partial charge in [0.2, 0.25) is 21.1 Å². The first-order valence-electron chi connectivity index (χ1n) is 9.54. The molecule has 1 aliphatic rings. The molecule has 29 heavy (non-hydrogen) atoms. The number of nitrogens with one attached hydrogen (secondary N) is 1. The maximum Gasteiger partial charge on any atom is 0.250 e. The van der Waals surface area contributed by atoms with Crippen molar-refractivity contribution >= 4 is 50.2 Å². The molecule has 2 aromatic rings. The molecule has 0 atom stereocenters. The highest BCUT2D eigenvalue weighted by Crippen LogP contribution is 2.25. The van der Waals surface area contributed by atoms with Gasteiger partial charge in [-0.25, -0.2) is 8.42 Å². The minimum absolute atomic E-state index is 0.288. The Balaban J connectivity index is 1.61. The van der Waals surface area contributed by atoms with Crippen LogP contribution in [0.1, 0.15) is 38.2 Å². The number of thioether (sulfide) groups is 1. The summed E-state index contributed by atoms with van der Waals surface area (Å²) < 4.78 is 28.0. The van der Waals surface area contributed by atoms with Crippen LogP contribution in [0.25, 0.3) is 6.08 Å². The Kier molecular flexibility index (Phi) is 7.82. The van der Waals surface area contributed by atoms with Gasteiger partial charge in [-0.05, 0) is 42.4 Å². The van der Waals surface area contributed by atoms with E-state index in [0.29, 0.717) is 18.2 Å². The van der Waals surface area contributed by atoms with Gasteiger partial charge in [0.1, 0.15) is 0 Å². The van der Waals surface area contributed by atoms with Crippen LogP contribution in [0.3, 0.4) is 0 Å². The van der Waals surface area contributed by atoms with Crippen LogP contribution in [0.5, 0.6) is 0 Å². The minimum atomic E-state index is -3.46. The molecule has 0 bridgehead atoms. The van der Waals surface area contributed by atoms with Crippen LogP contribution in [0, 0.1) is 0 Å². The normalized spacial score (nSPS) is 16.0. The fraction of sp³-hybridized carbons (Fsp3) is 0.421. The number of nitrogens with zero attached hydrogens (tertiary/aromatic N) is 3. The lowest BCUT2D eigenvalue weighted by Gasteiger charge is -2.19. The minimum Gasteiger partial charge on any atom is -0.297 e. The van der Waals surface area contributed by atoms with Crippen LogP contribution in [0.2, 0.25) is 0 Å². The van der Waals surface area contributed by atoms with E-state index < -0.39 is 10.0 Å². The molecule has 0 unspecified atom stereocenters. The Bertz CT molecular complexity index is 947. The quantitative estimate of drug-likeness (QED) is 0.389. The van der Waals surface area contributed by atoms with Crippen molar-refractivity contribution in [1.29, 1.82) is 0 Å². The first kappa shape index (κ1) is 21.9. The van der Waals surface area contributed by atoms with Gasteiger partial charge < -0.3 is 0 Å². The second-order valence-corrected chi connectivity index (χ2v) is 10.9. The van der Waals surface area contributed by atoms with E-state index in [9.17, 15) is 13.2 Å². The second-order valence-electron chi connectivity index (χ2n) is 6.52. The summed E-state index contributed by atoms with van der Waals surface area (Å²) >= 11 is 2.90. The lowest BCUT2D eigenvalue weighted by molar-refractivity contribution is -0.111. The number of benzene rings is 1. The predicted octanol–water partition coefficient (Wildman–Crippen LogP) is 3.87. The number of anilines is 1. The maximum absolute atomic E-state index is 12.8. The van der Waals surface area contributed by atoms with E-state index in [2.05, 4.69) is 15.5 Å². The van der Waals surface area contributed by atoms with Crippen molar-refractivity contribution in [1.82, 2.24) is 14.5 Å². The number of hydrogen-bond donors (Lipinski definition) is 1. The zero-order chi connectivity index (χ0) is 20.7. The molecule has 7 nitrogen and oxygen atoms in total. The highest BCUT2D eigenvalue weighted by Gasteiger charge is 2.24. The molecule has 0 radical (unpaired) electrons. The van der Waals surface area contributed by atoms with E-state index in [-0.39, 0.29) is 10.8 Å². The van der Waals surface area contributed by atoms with E-state index in [1.165, 1.54) is 17.4 Å². The number of hydrogen-bond acceptors (Lipinski definition) is 7. The standard InChI is InChI=1S/C19H24N4O3S3/c1-2-27-19-22-21-18(28-19)20-17(24)12-9-15-7-10-16(11-8-15)29(25,26)23-13-5-3-4-6-14-23/h7-12H,2-6,13-14H2,1H3,(H,20,21,24)/b12-9+. The molecular formula is C19H24N4O3S3. The summed E-state index contributed by atoms with van der Waals surface area (Å²) in [6.07, 6.45) is 7.00. The Morgan fingerprint density at radius 1 is 1.17 bits per heavy atom. The molecule has 0 aliphatic carbocycles. The fourth-order valence-electron chi connectivity index (χ4n) is 2.94. The maximum atomic E-state index is 12.8. The molecular weight excluding hydrogens is 428 g/mol. The van der Waals surface area contributed by atoms with E-state index in [0.717, 1.165) is 41.3 Å². The molecule has 2 heterocycles. The highest BCUT2D eigenvalue weighted by molar-refractivity contribution is 8.01. The van der Waals surface area contributed by atoms with Crippen LogP contribution in [0.4, 0.5) is 5.13 Å². The van der Waals surface area contributed by atoms with Crippen molar-refractivity contribution in [3.8, 4) is 0 Å². The second kappa shape index (κ2) is 10.3. The summed E-state index contributed by atoms with van der Waals surface area (Å²) in [5.74, 6) is 0.585. The van der Waals surface area contributed by atoms with Gasteiger partial charge in [-0.1, -0.05) is 55.0 Å². The number of carbonyl (C=O) groups is 1. The van der Waals surface area contributed by atoms with Gasteiger partial charge in [-0.2, -0.15) is 4.31 Å². The van der Waals surface area contributed by atoms with Crippen molar-refractivity contribution in [2.24, 2.45) is 0 Å². The molecule has 3 rings (SSSR count). The van der Waals surface area contributed by atoms with Gasteiger partial charge in [0.25, 0.3) is 0 Å². The zero-order valence-corrected chi connectivity index (χ0v) is 18.7. The van der Waals surface area contributed by atoms with Crippen LogP contribution in [-0.2, 0) is 14.8 Å². The third kappa shape index (κ3) is 6.11. The average Bonchev–Trinajstić information content (AvgIpc) is 2.96. The van der Waals surface area contributed by atoms with Gasteiger partial charge in [0.15, 0.2) is 4.34 Å². The van der Waals surface area contributed by atoms with Crippen LogP contribution >= 0.6 is 23.1 Å². The SMILES string of the molecule is CCSc1nnc(NC(=O)/C=C/c2ccc(S(=O)(=O)N3CCCCCC3)cc2)s1. The smallest absolute Gasteiger partial charge is 0.250 e.